The lowest BCUT2D eigenvalue weighted by molar-refractivity contribution is -0.274. The number of ether oxygens (including phenoxy) is 1. The van der Waals surface area contributed by atoms with Crippen molar-refractivity contribution in [2.24, 2.45) is 0 Å². The molecular weight excluding hydrogens is 518 g/mol. The number of hydrogen-bond donors (Lipinski definition) is 2. The summed E-state index contributed by atoms with van der Waals surface area (Å²) in [6, 6.07) is 11.7. The van der Waals surface area contributed by atoms with Gasteiger partial charge < -0.3 is 4.74 Å². The van der Waals surface area contributed by atoms with Crippen LogP contribution in [-0.2, 0) is 0 Å². The molecule has 0 bridgehead atoms. The number of aromatic nitrogens is 3. The Hall–Kier alpha value is -3.16. The molecule has 3 rings (SSSR count). The number of nitrogens with one attached hydrogen (secondary N) is 2. The van der Waals surface area contributed by atoms with Crippen LogP contribution in [0.3, 0.4) is 0 Å². The maximum absolute atomic E-state index is 12.6. The Morgan fingerprint density at radius 1 is 1.07 bits per heavy atom. The zero-order valence-corrected chi connectivity index (χ0v) is 17.4. The number of nitrogens with zero attached hydrogens (tertiary/aromatic N) is 3. The number of rotatable bonds is 5. The summed E-state index contributed by atoms with van der Waals surface area (Å²) < 4.78 is 41.6. The maximum Gasteiger partial charge on any atom is 0.573 e. The minimum atomic E-state index is -4.82. The molecule has 0 aliphatic rings. The fraction of sp³-hybridized carbons (Fsp3) is 0.111. The smallest absolute Gasteiger partial charge is 0.406 e. The van der Waals surface area contributed by atoms with Crippen molar-refractivity contribution < 1.29 is 27.5 Å². The number of carbonyl (C=O) groups excluding carboxylic acids is 2. The van der Waals surface area contributed by atoms with E-state index in [1.54, 1.807) is 31.2 Å². The lowest BCUT2D eigenvalue weighted by Gasteiger charge is -2.11. The van der Waals surface area contributed by atoms with Crippen LogP contribution in [0.2, 0.25) is 0 Å². The normalized spacial score (nSPS) is 11.1. The van der Waals surface area contributed by atoms with E-state index in [4.69, 9.17) is 0 Å². The Morgan fingerprint density at radius 2 is 1.73 bits per heavy atom. The second kappa shape index (κ2) is 8.69. The minimum absolute atomic E-state index is 0.0344. The molecule has 8 nitrogen and oxygen atoms in total. The van der Waals surface area contributed by atoms with Gasteiger partial charge in [-0.05, 0) is 42.8 Å². The van der Waals surface area contributed by atoms with Gasteiger partial charge in [-0.25, -0.2) is 0 Å². The Balaban J connectivity index is 1.93. The molecule has 3 aromatic rings. The van der Waals surface area contributed by atoms with Crippen molar-refractivity contribution in [3.05, 3.63) is 59.7 Å². The molecule has 0 radical (unpaired) electrons. The third-order valence-electron chi connectivity index (χ3n) is 3.75. The highest BCUT2D eigenvalue weighted by atomic mass is 127. The highest BCUT2D eigenvalue weighted by Gasteiger charge is 2.31. The summed E-state index contributed by atoms with van der Waals surface area (Å²) in [6.07, 6.45) is -4.82. The molecule has 0 spiro atoms. The molecule has 1 heterocycles. The van der Waals surface area contributed by atoms with Crippen LogP contribution in [0.1, 0.15) is 15.9 Å². The Labute approximate surface area is 181 Å². The van der Waals surface area contributed by atoms with Crippen LogP contribution in [0, 0.1) is 6.92 Å². The van der Waals surface area contributed by atoms with Gasteiger partial charge >= 0.3 is 6.36 Å². The quantitative estimate of drug-likeness (QED) is 0.283. The van der Waals surface area contributed by atoms with Gasteiger partial charge in [0.25, 0.3) is 15.8 Å². The first kappa shape index (κ1) is 21.5. The standard InChI is InChI=1S/C18H13F3IN5O3/c1-10-4-2-3-5-13(10)14(28)23-17-25-16(24-15(22)29)26-27(17)11-6-8-12(9-7-11)30-18(19,20)21/h2-9H,1H3,(H2,23,24,25,26,28,29). The van der Waals surface area contributed by atoms with Crippen LogP contribution in [0.4, 0.5) is 29.9 Å². The van der Waals surface area contributed by atoms with Crippen molar-refractivity contribution in [2.45, 2.75) is 13.3 Å². The van der Waals surface area contributed by atoms with E-state index in [0.717, 1.165) is 17.7 Å². The van der Waals surface area contributed by atoms with Gasteiger partial charge in [-0.1, -0.05) is 18.2 Å². The number of hydrogen-bond acceptors (Lipinski definition) is 5. The van der Waals surface area contributed by atoms with Crippen LogP contribution in [0.5, 0.6) is 5.75 Å². The molecule has 0 aliphatic heterocycles. The van der Waals surface area contributed by atoms with Gasteiger partial charge in [-0.15, -0.1) is 18.3 Å². The maximum atomic E-state index is 12.6. The lowest BCUT2D eigenvalue weighted by Crippen LogP contribution is -2.17. The Morgan fingerprint density at radius 3 is 2.33 bits per heavy atom. The molecule has 2 N–H and O–H groups in total. The van der Waals surface area contributed by atoms with Gasteiger partial charge in [0.05, 0.1) is 5.69 Å². The summed E-state index contributed by atoms with van der Waals surface area (Å²) in [7, 11) is 0. The largest absolute Gasteiger partial charge is 0.573 e. The van der Waals surface area contributed by atoms with Gasteiger partial charge in [0.15, 0.2) is 0 Å². The number of halogens is 4. The van der Waals surface area contributed by atoms with E-state index in [9.17, 15) is 22.8 Å². The van der Waals surface area contributed by atoms with E-state index < -0.39 is 21.9 Å². The summed E-state index contributed by atoms with van der Waals surface area (Å²) >= 11 is 1.49. The average Bonchev–Trinajstić information content (AvgIpc) is 3.02. The monoisotopic (exact) mass is 531 g/mol. The van der Waals surface area contributed by atoms with Crippen molar-refractivity contribution in [1.82, 2.24) is 14.8 Å². The van der Waals surface area contributed by atoms with E-state index in [-0.39, 0.29) is 17.6 Å². The number of anilines is 2. The van der Waals surface area contributed by atoms with Gasteiger partial charge in [0.2, 0.25) is 5.95 Å². The predicted octanol–water partition coefficient (Wildman–Crippen LogP) is 4.69. The van der Waals surface area contributed by atoms with Gasteiger partial charge in [0, 0.05) is 28.2 Å². The summed E-state index contributed by atoms with van der Waals surface area (Å²) in [5.41, 5.74) is 1.42. The molecule has 0 unspecified atom stereocenters. The van der Waals surface area contributed by atoms with Crippen molar-refractivity contribution in [3.63, 3.8) is 0 Å². The predicted molar refractivity (Wildman–Crippen MR) is 110 cm³/mol. The first-order valence-corrected chi connectivity index (χ1v) is 9.37. The van der Waals surface area contributed by atoms with Crippen LogP contribution < -0.4 is 15.4 Å². The summed E-state index contributed by atoms with van der Waals surface area (Å²) in [5, 5.41) is 9.07. The fourth-order valence-electron chi connectivity index (χ4n) is 2.50. The number of carbonyl (C=O) groups is 2. The van der Waals surface area contributed by atoms with Gasteiger partial charge in [-0.3, -0.25) is 20.2 Å². The van der Waals surface area contributed by atoms with Crippen molar-refractivity contribution in [3.8, 4) is 11.4 Å². The van der Waals surface area contributed by atoms with Crippen molar-refractivity contribution in [1.29, 1.82) is 0 Å². The Kier molecular flexibility index (Phi) is 6.24. The first-order valence-electron chi connectivity index (χ1n) is 8.29. The molecule has 30 heavy (non-hydrogen) atoms. The topological polar surface area (TPSA) is 98.1 Å². The average molecular weight is 531 g/mol. The summed E-state index contributed by atoms with van der Waals surface area (Å²) in [5.74, 6) is -1.01. The van der Waals surface area contributed by atoms with Crippen LogP contribution >= 0.6 is 22.6 Å². The van der Waals surface area contributed by atoms with E-state index >= 15 is 0 Å². The summed E-state index contributed by atoms with van der Waals surface area (Å²) in [4.78, 5) is 28.0. The number of amides is 2. The molecule has 0 fully saturated rings. The molecule has 2 amide bonds. The van der Waals surface area contributed by atoms with Crippen LogP contribution in [0.25, 0.3) is 5.69 Å². The highest BCUT2D eigenvalue weighted by Crippen LogP contribution is 2.25. The lowest BCUT2D eigenvalue weighted by atomic mass is 10.1. The Bertz CT molecular complexity index is 1080. The first-order chi connectivity index (χ1) is 14.1. The third kappa shape index (κ3) is 5.46. The second-order valence-corrected chi connectivity index (χ2v) is 6.86. The number of alkyl halides is 3. The molecule has 0 atom stereocenters. The van der Waals surface area contributed by atoms with Crippen molar-refractivity contribution in [2.75, 3.05) is 10.6 Å². The van der Waals surface area contributed by atoms with Gasteiger partial charge in [0.1, 0.15) is 5.75 Å². The van der Waals surface area contributed by atoms with Gasteiger partial charge in [-0.2, -0.15) is 9.67 Å². The minimum Gasteiger partial charge on any atom is -0.406 e. The zero-order valence-electron chi connectivity index (χ0n) is 15.2. The van der Waals surface area contributed by atoms with Crippen molar-refractivity contribution >= 4 is 44.3 Å². The zero-order chi connectivity index (χ0) is 21.9. The number of benzene rings is 2. The van der Waals surface area contributed by atoms with E-state index in [2.05, 4.69) is 25.5 Å². The van der Waals surface area contributed by atoms with Crippen LogP contribution in [0.15, 0.2) is 48.5 Å². The number of aryl methyl sites for hydroxylation is 1. The molecule has 0 saturated heterocycles. The molecule has 0 saturated carbocycles. The SMILES string of the molecule is Cc1ccccc1C(=O)Nc1nc(NC(=O)I)nn1-c1ccc(OC(F)(F)F)cc1. The van der Waals surface area contributed by atoms with E-state index in [1.807, 2.05) is 0 Å². The molecule has 12 heteroatoms. The van der Waals surface area contributed by atoms with E-state index in [0.29, 0.717) is 5.56 Å². The summed E-state index contributed by atoms with van der Waals surface area (Å²) in [6.45, 7) is 1.76. The molecular formula is C18H13F3IN5O3. The third-order valence-corrected chi connectivity index (χ3v) is 4.02. The molecule has 1 aromatic heterocycles. The van der Waals surface area contributed by atoms with Crippen LogP contribution in [-0.4, -0.2) is 30.9 Å². The highest BCUT2D eigenvalue weighted by molar-refractivity contribution is 14.1. The molecule has 156 valence electrons. The fourth-order valence-corrected chi connectivity index (χ4v) is 2.74. The molecule has 2 aromatic carbocycles. The second-order valence-electron chi connectivity index (χ2n) is 5.88. The van der Waals surface area contributed by atoms with E-state index in [1.165, 1.54) is 39.4 Å². The molecule has 0 aliphatic carbocycles.